The number of hydrogen-bond donors (Lipinski definition) is 2. The number of thioether (sulfide) groups is 1. The summed E-state index contributed by atoms with van der Waals surface area (Å²) in [6, 6.07) is -1.00. The van der Waals surface area contributed by atoms with E-state index in [0.717, 1.165) is 32.4 Å². The number of morpholine rings is 1. The van der Waals surface area contributed by atoms with E-state index in [1.165, 1.54) is 11.8 Å². The van der Waals surface area contributed by atoms with Gasteiger partial charge in [0.15, 0.2) is 0 Å². The van der Waals surface area contributed by atoms with Crippen LogP contribution in [0.4, 0.5) is 0 Å². The van der Waals surface area contributed by atoms with Crippen molar-refractivity contribution in [1.29, 1.82) is 0 Å². The zero-order valence-electron chi connectivity index (χ0n) is 21.2. The number of carbonyl (C=O) groups excluding carboxylic acids is 3. The largest absolute Gasteiger partial charge is 0.408 e. The fraction of sp³-hybridized carbons (Fsp3) is 0.792. The Bertz CT molecular complexity index is 855. The molecule has 1 saturated heterocycles. The summed E-state index contributed by atoms with van der Waals surface area (Å²) in [5.41, 5.74) is 0. The van der Waals surface area contributed by atoms with E-state index in [4.69, 9.17) is 9.15 Å². The van der Waals surface area contributed by atoms with E-state index >= 15 is 0 Å². The smallest absolute Gasteiger partial charge is 0.286 e. The molecule has 0 spiro atoms. The summed E-state index contributed by atoms with van der Waals surface area (Å²) in [5, 5.41) is 14.5. The lowest BCUT2D eigenvalue weighted by molar-refractivity contribution is -0.129. The van der Waals surface area contributed by atoms with Gasteiger partial charge in [0.05, 0.1) is 31.7 Å². The summed E-state index contributed by atoms with van der Waals surface area (Å²) in [6.45, 7) is 11.0. The van der Waals surface area contributed by atoms with Crippen molar-refractivity contribution in [2.75, 3.05) is 32.8 Å². The molecule has 2 aliphatic rings. The van der Waals surface area contributed by atoms with Crippen LogP contribution in [0.3, 0.4) is 0 Å². The van der Waals surface area contributed by atoms with Gasteiger partial charge in [-0.3, -0.25) is 19.3 Å². The van der Waals surface area contributed by atoms with Gasteiger partial charge >= 0.3 is 0 Å². The first-order valence-corrected chi connectivity index (χ1v) is 13.5. The molecule has 1 aromatic rings. The first-order chi connectivity index (χ1) is 16.7. The van der Waals surface area contributed by atoms with Crippen LogP contribution in [-0.4, -0.2) is 82.9 Å². The molecule has 2 fully saturated rings. The predicted molar refractivity (Wildman–Crippen MR) is 132 cm³/mol. The summed E-state index contributed by atoms with van der Waals surface area (Å²) < 4.78 is 10.9. The van der Waals surface area contributed by atoms with Crippen molar-refractivity contribution in [1.82, 2.24) is 25.7 Å². The molecule has 2 heterocycles. The number of Topliss-reactive ketones (excluding diaryl/α,β-unsaturated/α-hetero) is 1. The van der Waals surface area contributed by atoms with Crippen LogP contribution in [0, 0.1) is 11.8 Å². The molecule has 3 rings (SSSR count). The molecule has 1 saturated carbocycles. The van der Waals surface area contributed by atoms with Crippen molar-refractivity contribution in [2.24, 2.45) is 11.8 Å². The van der Waals surface area contributed by atoms with Crippen molar-refractivity contribution < 1.29 is 23.5 Å². The van der Waals surface area contributed by atoms with Gasteiger partial charge in [0.1, 0.15) is 0 Å². The molecule has 10 nitrogen and oxygen atoms in total. The average Bonchev–Trinajstić information content (AvgIpc) is 3.26. The van der Waals surface area contributed by atoms with Gasteiger partial charge in [0.2, 0.25) is 17.6 Å². The maximum absolute atomic E-state index is 13.3. The van der Waals surface area contributed by atoms with Gasteiger partial charge in [-0.2, -0.15) is 0 Å². The van der Waals surface area contributed by atoms with Gasteiger partial charge in [-0.15, -0.1) is 10.2 Å². The number of ketones is 1. The second-order valence-corrected chi connectivity index (χ2v) is 11.6. The number of ether oxygens (including phenoxy) is 1. The first-order valence-electron chi connectivity index (χ1n) is 12.7. The Hall–Kier alpha value is -1.98. The zero-order valence-corrected chi connectivity index (χ0v) is 22.1. The van der Waals surface area contributed by atoms with Crippen LogP contribution in [-0.2, 0) is 14.3 Å². The number of hydrogen-bond acceptors (Lipinski definition) is 9. The third-order valence-electron chi connectivity index (χ3n) is 6.21. The van der Waals surface area contributed by atoms with Crippen LogP contribution < -0.4 is 10.6 Å². The zero-order chi connectivity index (χ0) is 25.4. The molecule has 1 unspecified atom stereocenters. The van der Waals surface area contributed by atoms with Crippen LogP contribution >= 0.6 is 11.8 Å². The van der Waals surface area contributed by atoms with Gasteiger partial charge in [0, 0.05) is 24.4 Å². The molecule has 0 radical (unpaired) electrons. The molecule has 35 heavy (non-hydrogen) atoms. The van der Waals surface area contributed by atoms with Crippen molar-refractivity contribution >= 4 is 29.4 Å². The Labute approximate surface area is 211 Å². The monoisotopic (exact) mass is 509 g/mol. The van der Waals surface area contributed by atoms with Crippen molar-refractivity contribution in [3.05, 3.63) is 5.89 Å². The van der Waals surface area contributed by atoms with Gasteiger partial charge in [0.25, 0.3) is 11.1 Å². The van der Waals surface area contributed by atoms with Crippen molar-refractivity contribution in [3.63, 3.8) is 0 Å². The topological polar surface area (TPSA) is 127 Å². The highest BCUT2D eigenvalue weighted by atomic mass is 32.2. The van der Waals surface area contributed by atoms with E-state index in [9.17, 15) is 14.4 Å². The molecule has 1 aromatic heterocycles. The van der Waals surface area contributed by atoms with Crippen molar-refractivity contribution in [3.8, 4) is 0 Å². The van der Waals surface area contributed by atoms with Crippen LogP contribution in [0.15, 0.2) is 9.64 Å². The first kappa shape index (κ1) is 27.6. The number of carbonyl (C=O) groups is 3. The summed E-state index contributed by atoms with van der Waals surface area (Å²) >= 11 is 1.39. The molecular weight excluding hydrogens is 470 g/mol. The molecule has 11 heteroatoms. The Morgan fingerprint density at radius 3 is 2.49 bits per heavy atom. The normalized spacial score (nSPS) is 22.2. The SMILES string of the molecule is CC(C)CC(NC(=O)[C@@H]1CCCC[C@@H]1NC(=O)CN1CCOCC1)C(=O)c1nnc(SC(C)C)o1. The molecule has 1 aliphatic carbocycles. The number of amides is 2. The van der Waals surface area contributed by atoms with Gasteiger partial charge in [-0.05, 0) is 25.2 Å². The summed E-state index contributed by atoms with van der Waals surface area (Å²) in [7, 11) is 0. The highest BCUT2D eigenvalue weighted by molar-refractivity contribution is 7.99. The lowest BCUT2D eigenvalue weighted by atomic mass is 9.83. The third-order valence-corrected chi connectivity index (χ3v) is 7.05. The Kier molecular flexibility index (Phi) is 10.5. The Balaban J connectivity index is 1.63. The molecule has 2 N–H and O–H groups in total. The molecule has 1 aliphatic heterocycles. The summed E-state index contributed by atoms with van der Waals surface area (Å²) in [5.74, 6) is -0.956. The molecule has 196 valence electrons. The molecular formula is C24H39N5O5S. The Morgan fingerprint density at radius 1 is 1.09 bits per heavy atom. The van der Waals surface area contributed by atoms with E-state index in [1.807, 2.05) is 27.7 Å². The fourth-order valence-corrected chi connectivity index (χ4v) is 5.14. The van der Waals surface area contributed by atoms with Crippen LogP contribution in [0.2, 0.25) is 0 Å². The maximum atomic E-state index is 13.3. The number of nitrogens with one attached hydrogen (secondary N) is 2. The third kappa shape index (κ3) is 8.57. The van der Waals surface area contributed by atoms with Crippen LogP contribution in [0.1, 0.15) is 70.5 Å². The number of rotatable bonds is 11. The summed E-state index contributed by atoms with van der Waals surface area (Å²) in [4.78, 5) is 41.3. The van der Waals surface area contributed by atoms with E-state index in [1.54, 1.807) is 0 Å². The van der Waals surface area contributed by atoms with Crippen LogP contribution in [0.5, 0.6) is 0 Å². The minimum Gasteiger partial charge on any atom is -0.408 e. The minimum atomic E-state index is -0.758. The van der Waals surface area contributed by atoms with Gasteiger partial charge < -0.3 is 19.8 Å². The minimum absolute atomic E-state index is 0.0764. The summed E-state index contributed by atoms with van der Waals surface area (Å²) in [6.07, 6.45) is 3.75. The molecule has 3 atom stereocenters. The van der Waals surface area contributed by atoms with E-state index in [0.29, 0.717) is 37.8 Å². The number of nitrogens with zero attached hydrogens (tertiary/aromatic N) is 3. The van der Waals surface area contributed by atoms with E-state index < -0.39 is 6.04 Å². The van der Waals surface area contributed by atoms with Crippen molar-refractivity contribution in [2.45, 2.75) is 82.4 Å². The highest BCUT2D eigenvalue weighted by Gasteiger charge is 2.35. The average molecular weight is 510 g/mol. The second-order valence-electron chi connectivity index (χ2n) is 10.0. The van der Waals surface area contributed by atoms with E-state index in [-0.39, 0.29) is 46.6 Å². The lowest BCUT2D eigenvalue weighted by Gasteiger charge is -2.33. The fourth-order valence-electron chi connectivity index (χ4n) is 4.52. The Morgan fingerprint density at radius 2 is 1.80 bits per heavy atom. The molecule has 0 aromatic carbocycles. The molecule has 0 bridgehead atoms. The number of aromatic nitrogens is 2. The maximum Gasteiger partial charge on any atom is 0.286 e. The lowest BCUT2D eigenvalue weighted by Crippen LogP contribution is -2.53. The van der Waals surface area contributed by atoms with E-state index in [2.05, 4.69) is 25.7 Å². The molecule has 2 amide bonds. The quantitative estimate of drug-likeness (QED) is 0.341. The highest BCUT2D eigenvalue weighted by Crippen LogP contribution is 2.26. The van der Waals surface area contributed by atoms with Gasteiger partial charge in [-0.25, -0.2) is 0 Å². The second kappa shape index (κ2) is 13.4. The van der Waals surface area contributed by atoms with Crippen LogP contribution in [0.25, 0.3) is 0 Å². The van der Waals surface area contributed by atoms with Gasteiger partial charge in [-0.1, -0.05) is 52.3 Å². The standard InChI is InChI=1S/C24H39N5O5S/c1-15(2)13-19(21(31)23-27-28-24(34-23)35-16(3)4)26-22(32)17-7-5-6-8-18(17)25-20(30)14-29-9-11-33-12-10-29/h15-19H,5-14H2,1-4H3,(H,25,30)(H,26,32)/t17-,18+,19?/m1/s1. The predicted octanol–water partition coefficient (Wildman–Crippen LogP) is 2.29.